The number of carbonyl (C=O) groups is 1. The number of amides is 1. The van der Waals surface area contributed by atoms with Gasteiger partial charge in [-0.25, -0.2) is 9.48 Å². The third kappa shape index (κ3) is 5.15. The fourth-order valence-electron chi connectivity index (χ4n) is 3.99. The maximum absolute atomic E-state index is 12.4. The molecule has 2 aromatic heterocycles. The molecular formula is C22H32N6O2S. The van der Waals surface area contributed by atoms with Gasteiger partial charge in [-0.2, -0.15) is 5.10 Å². The topological polar surface area (TPSA) is 68.4 Å². The molecule has 1 amide bonds. The highest BCUT2D eigenvalue weighted by atomic mass is 32.1. The van der Waals surface area contributed by atoms with Crippen molar-refractivity contribution < 1.29 is 9.53 Å². The molecule has 1 aliphatic carbocycles. The third-order valence-corrected chi connectivity index (χ3v) is 6.23. The standard InChI is InChI=1S/C22H32N6O2S/c1-22(2,3)30-21(29)25(4)17-9-12-26(13-10-17)15-27-20(31)28(18-7-8-18)19(24-27)16-6-5-11-23-14-16/h5-6,11,14,17-18H,7-10,12-13,15H2,1-4H3. The van der Waals surface area contributed by atoms with Gasteiger partial charge in [0.05, 0.1) is 6.67 Å². The number of rotatable bonds is 5. The summed E-state index contributed by atoms with van der Waals surface area (Å²) in [5.74, 6) is 0.903. The van der Waals surface area contributed by atoms with E-state index in [1.165, 1.54) is 0 Å². The molecule has 0 atom stereocenters. The molecule has 2 fully saturated rings. The summed E-state index contributed by atoms with van der Waals surface area (Å²) < 4.78 is 10.4. The van der Waals surface area contributed by atoms with Gasteiger partial charge in [0, 0.05) is 50.2 Å². The summed E-state index contributed by atoms with van der Waals surface area (Å²) in [6, 6.07) is 4.60. The number of hydrogen-bond acceptors (Lipinski definition) is 6. The lowest BCUT2D eigenvalue weighted by atomic mass is 10.0. The first-order chi connectivity index (χ1) is 14.7. The number of nitrogens with zero attached hydrogens (tertiary/aromatic N) is 6. The van der Waals surface area contributed by atoms with E-state index in [9.17, 15) is 4.79 Å². The molecular weight excluding hydrogens is 412 g/mol. The first-order valence-electron chi connectivity index (χ1n) is 11.0. The summed E-state index contributed by atoms with van der Waals surface area (Å²) in [6.07, 6.45) is 7.47. The van der Waals surface area contributed by atoms with Crippen LogP contribution in [0, 0.1) is 4.77 Å². The number of carbonyl (C=O) groups excluding carboxylic acids is 1. The Kier molecular flexibility index (Phi) is 6.16. The van der Waals surface area contributed by atoms with Crippen molar-refractivity contribution in [3.63, 3.8) is 0 Å². The molecule has 0 spiro atoms. The van der Waals surface area contributed by atoms with Crippen molar-refractivity contribution in [3.8, 4) is 11.4 Å². The minimum absolute atomic E-state index is 0.189. The zero-order valence-electron chi connectivity index (χ0n) is 18.8. The minimum Gasteiger partial charge on any atom is -0.444 e. The Hall–Kier alpha value is -2.26. The normalized spacial score (nSPS) is 18.2. The Balaban J connectivity index is 1.41. The Morgan fingerprint density at radius 3 is 2.55 bits per heavy atom. The summed E-state index contributed by atoms with van der Waals surface area (Å²) in [5, 5.41) is 4.87. The van der Waals surface area contributed by atoms with Crippen molar-refractivity contribution in [2.24, 2.45) is 0 Å². The van der Waals surface area contributed by atoms with E-state index < -0.39 is 5.60 Å². The molecule has 3 heterocycles. The van der Waals surface area contributed by atoms with Crippen molar-refractivity contribution in [2.75, 3.05) is 20.1 Å². The Bertz CT molecular complexity index is 968. The monoisotopic (exact) mass is 444 g/mol. The average molecular weight is 445 g/mol. The van der Waals surface area contributed by atoms with Gasteiger partial charge < -0.3 is 9.64 Å². The van der Waals surface area contributed by atoms with Crippen LogP contribution in [-0.2, 0) is 11.4 Å². The highest BCUT2D eigenvalue weighted by Crippen LogP contribution is 2.38. The molecule has 9 heteroatoms. The summed E-state index contributed by atoms with van der Waals surface area (Å²) in [4.78, 5) is 20.7. The second kappa shape index (κ2) is 8.70. The number of ether oxygens (including phenoxy) is 1. The van der Waals surface area contributed by atoms with Gasteiger partial charge in [-0.1, -0.05) is 0 Å². The van der Waals surface area contributed by atoms with Crippen LogP contribution in [0.3, 0.4) is 0 Å². The van der Waals surface area contributed by atoms with Gasteiger partial charge in [-0.3, -0.25) is 14.5 Å². The molecule has 0 aromatic carbocycles. The lowest BCUT2D eigenvalue weighted by molar-refractivity contribution is 0.0134. The van der Waals surface area contributed by atoms with Gasteiger partial charge in [0.25, 0.3) is 0 Å². The van der Waals surface area contributed by atoms with E-state index in [1.807, 2.05) is 50.8 Å². The van der Waals surface area contributed by atoms with Crippen LogP contribution >= 0.6 is 12.2 Å². The molecule has 1 saturated heterocycles. The molecule has 8 nitrogen and oxygen atoms in total. The molecule has 0 unspecified atom stereocenters. The van der Waals surface area contributed by atoms with Gasteiger partial charge in [0.15, 0.2) is 10.6 Å². The lowest BCUT2D eigenvalue weighted by Crippen LogP contribution is -2.47. The summed E-state index contributed by atoms with van der Waals surface area (Å²) >= 11 is 5.79. The number of aromatic nitrogens is 4. The minimum atomic E-state index is -0.477. The second-order valence-corrected chi connectivity index (χ2v) is 9.90. The Morgan fingerprint density at radius 1 is 1.26 bits per heavy atom. The maximum atomic E-state index is 12.4. The molecule has 168 valence electrons. The van der Waals surface area contributed by atoms with E-state index in [1.54, 1.807) is 11.1 Å². The van der Waals surface area contributed by atoms with Crippen molar-refractivity contribution in [3.05, 3.63) is 29.3 Å². The first-order valence-corrected chi connectivity index (χ1v) is 11.4. The van der Waals surface area contributed by atoms with Crippen LogP contribution in [0.4, 0.5) is 4.79 Å². The fraction of sp³-hybridized carbons (Fsp3) is 0.636. The van der Waals surface area contributed by atoms with Crippen LogP contribution in [-0.4, -0.2) is 67.0 Å². The average Bonchev–Trinajstić information content (AvgIpc) is 3.52. The van der Waals surface area contributed by atoms with Crippen molar-refractivity contribution in [2.45, 2.75) is 70.8 Å². The molecule has 0 radical (unpaired) electrons. The van der Waals surface area contributed by atoms with Crippen LogP contribution in [0.2, 0.25) is 0 Å². The molecule has 2 aromatic rings. The molecule has 0 bridgehead atoms. The van der Waals surface area contributed by atoms with E-state index in [0.717, 1.165) is 54.9 Å². The van der Waals surface area contributed by atoms with Gasteiger partial charge >= 0.3 is 6.09 Å². The summed E-state index contributed by atoms with van der Waals surface area (Å²) in [5.41, 5.74) is 0.520. The van der Waals surface area contributed by atoms with Crippen LogP contribution < -0.4 is 0 Å². The number of piperidine rings is 1. The van der Waals surface area contributed by atoms with E-state index >= 15 is 0 Å². The number of hydrogen-bond donors (Lipinski definition) is 0. The van der Waals surface area contributed by atoms with Gasteiger partial charge in [-0.05, 0) is 70.8 Å². The number of pyridine rings is 1. The van der Waals surface area contributed by atoms with Crippen LogP contribution in [0.1, 0.15) is 52.5 Å². The molecule has 4 rings (SSSR count). The predicted octanol–water partition coefficient (Wildman–Crippen LogP) is 4.10. The smallest absolute Gasteiger partial charge is 0.410 e. The van der Waals surface area contributed by atoms with Gasteiger partial charge in [0.1, 0.15) is 5.60 Å². The van der Waals surface area contributed by atoms with Crippen molar-refractivity contribution >= 4 is 18.3 Å². The molecule has 31 heavy (non-hydrogen) atoms. The maximum Gasteiger partial charge on any atom is 0.410 e. The summed E-state index contributed by atoms with van der Waals surface area (Å²) in [6.45, 7) is 8.12. The van der Waals surface area contributed by atoms with E-state index in [2.05, 4.69) is 14.5 Å². The second-order valence-electron chi connectivity index (χ2n) is 9.53. The van der Waals surface area contributed by atoms with E-state index in [-0.39, 0.29) is 12.1 Å². The number of likely N-dealkylation sites (tertiary alicyclic amines) is 1. The van der Waals surface area contributed by atoms with Crippen LogP contribution in [0.5, 0.6) is 0 Å². The molecule has 1 saturated carbocycles. The van der Waals surface area contributed by atoms with Crippen LogP contribution in [0.15, 0.2) is 24.5 Å². The predicted molar refractivity (Wildman–Crippen MR) is 121 cm³/mol. The quantitative estimate of drug-likeness (QED) is 0.647. The Labute approximate surface area is 188 Å². The highest BCUT2D eigenvalue weighted by Gasteiger charge is 2.31. The zero-order chi connectivity index (χ0) is 22.2. The third-order valence-electron chi connectivity index (χ3n) is 5.82. The van der Waals surface area contributed by atoms with Crippen LogP contribution in [0.25, 0.3) is 11.4 Å². The molecule has 2 aliphatic rings. The lowest BCUT2D eigenvalue weighted by Gasteiger charge is -2.37. The first kappa shape index (κ1) is 22.0. The molecule has 0 N–H and O–H groups in total. The van der Waals surface area contributed by atoms with E-state index in [0.29, 0.717) is 12.7 Å². The fourth-order valence-corrected chi connectivity index (χ4v) is 4.32. The zero-order valence-corrected chi connectivity index (χ0v) is 19.6. The summed E-state index contributed by atoms with van der Waals surface area (Å²) in [7, 11) is 1.84. The molecule has 1 aliphatic heterocycles. The van der Waals surface area contributed by atoms with Crippen molar-refractivity contribution in [1.29, 1.82) is 0 Å². The Morgan fingerprint density at radius 2 is 1.97 bits per heavy atom. The van der Waals surface area contributed by atoms with E-state index in [4.69, 9.17) is 22.1 Å². The largest absolute Gasteiger partial charge is 0.444 e. The van der Waals surface area contributed by atoms with Gasteiger partial charge in [0.2, 0.25) is 0 Å². The van der Waals surface area contributed by atoms with Gasteiger partial charge in [-0.15, -0.1) is 0 Å². The SMILES string of the molecule is CN(C(=O)OC(C)(C)C)C1CCN(Cn2nc(-c3cccnc3)n(C3CC3)c2=S)CC1. The van der Waals surface area contributed by atoms with Crippen molar-refractivity contribution in [1.82, 2.24) is 29.1 Å². The highest BCUT2D eigenvalue weighted by molar-refractivity contribution is 7.71.